The zero-order valence-corrected chi connectivity index (χ0v) is 9.68. The molecule has 0 bridgehead atoms. The van der Waals surface area contributed by atoms with Crippen molar-refractivity contribution in [2.75, 3.05) is 6.54 Å². The average molecular weight is 193 g/mol. The minimum absolute atomic E-state index is 0.758. The number of hydrogen-bond donors (Lipinski definition) is 0. The van der Waals surface area contributed by atoms with E-state index in [1.165, 1.54) is 37.8 Å². The van der Waals surface area contributed by atoms with Crippen molar-refractivity contribution in [1.82, 2.24) is 4.90 Å². The van der Waals surface area contributed by atoms with E-state index in [-0.39, 0.29) is 0 Å². The monoisotopic (exact) mass is 193 g/mol. The van der Waals surface area contributed by atoms with Gasteiger partial charge in [0.15, 0.2) is 0 Å². The van der Waals surface area contributed by atoms with Crippen LogP contribution in [-0.2, 0) is 0 Å². The summed E-state index contributed by atoms with van der Waals surface area (Å²) in [6.45, 7) is 13.6. The Kier molecular flexibility index (Phi) is 4.24. The molecule has 0 N–H and O–H groups in total. The molecule has 1 fully saturated rings. The lowest BCUT2D eigenvalue weighted by Crippen LogP contribution is -2.22. The van der Waals surface area contributed by atoms with E-state index in [2.05, 4.69) is 31.9 Å². The van der Waals surface area contributed by atoms with E-state index >= 15 is 0 Å². The van der Waals surface area contributed by atoms with Crippen molar-refractivity contribution in [3.8, 4) is 0 Å². The van der Waals surface area contributed by atoms with Gasteiger partial charge in [-0.3, -0.25) is 0 Å². The lowest BCUT2D eigenvalue weighted by Gasteiger charge is -2.27. The Bertz CT molecular complexity index is 213. The summed E-state index contributed by atoms with van der Waals surface area (Å²) in [7, 11) is 0. The van der Waals surface area contributed by atoms with Crippen molar-refractivity contribution >= 4 is 0 Å². The maximum atomic E-state index is 4.18. The molecule has 0 aliphatic heterocycles. The van der Waals surface area contributed by atoms with Crippen LogP contribution < -0.4 is 0 Å². The smallest absolute Gasteiger partial charge is 0.0224 e. The van der Waals surface area contributed by atoms with Crippen molar-refractivity contribution in [1.29, 1.82) is 0 Å². The van der Waals surface area contributed by atoms with E-state index < -0.39 is 0 Å². The fraction of sp³-hybridized carbons (Fsp3) is 0.692. The zero-order valence-electron chi connectivity index (χ0n) is 9.68. The number of unbranched alkanes of at least 4 members (excludes halogenated alkanes) is 2. The van der Waals surface area contributed by atoms with Gasteiger partial charge in [0.05, 0.1) is 0 Å². The summed E-state index contributed by atoms with van der Waals surface area (Å²) in [6.07, 6.45) is 6.50. The third-order valence-electron chi connectivity index (χ3n) is 2.84. The number of rotatable bonds is 7. The maximum Gasteiger partial charge on any atom is 0.0224 e. The average Bonchev–Trinajstić information content (AvgIpc) is 2.93. The molecule has 0 aromatic carbocycles. The molecule has 80 valence electrons. The molecule has 0 spiro atoms. The molecule has 0 aromatic rings. The highest BCUT2D eigenvalue weighted by atomic mass is 15.1. The third-order valence-corrected chi connectivity index (χ3v) is 2.84. The second kappa shape index (κ2) is 5.23. The molecule has 0 aromatic heterocycles. The first-order valence-corrected chi connectivity index (χ1v) is 5.78. The molecule has 1 saturated carbocycles. The molecule has 14 heavy (non-hydrogen) atoms. The van der Waals surface area contributed by atoms with E-state index in [0.29, 0.717) is 0 Å². The summed E-state index contributed by atoms with van der Waals surface area (Å²) in [4.78, 5) is 2.31. The van der Waals surface area contributed by atoms with Gasteiger partial charge in [0, 0.05) is 17.9 Å². The standard InChI is InChI=1S/C13H23N/c1-5-6-7-10-14(11(2)3)12(4)13-8-9-13/h13H,2,4-10H2,1,3H3. The number of hydrogen-bond acceptors (Lipinski definition) is 1. The Balaban J connectivity index is 2.37. The van der Waals surface area contributed by atoms with Crippen molar-refractivity contribution in [3.05, 3.63) is 24.6 Å². The Morgan fingerprint density at radius 2 is 1.93 bits per heavy atom. The van der Waals surface area contributed by atoms with Gasteiger partial charge in [-0.25, -0.2) is 0 Å². The van der Waals surface area contributed by atoms with Gasteiger partial charge < -0.3 is 4.90 Å². The van der Waals surface area contributed by atoms with E-state index in [1.54, 1.807) is 0 Å². The Morgan fingerprint density at radius 1 is 1.29 bits per heavy atom. The van der Waals surface area contributed by atoms with Crippen LogP contribution in [0.5, 0.6) is 0 Å². The summed E-state index contributed by atoms with van der Waals surface area (Å²) < 4.78 is 0. The molecule has 1 heteroatoms. The molecule has 1 nitrogen and oxygen atoms in total. The third kappa shape index (κ3) is 3.21. The van der Waals surface area contributed by atoms with Crippen LogP contribution in [0.3, 0.4) is 0 Å². The van der Waals surface area contributed by atoms with Gasteiger partial charge in [-0.1, -0.05) is 32.9 Å². The van der Waals surface area contributed by atoms with Crippen LogP contribution in [0.15, 0.2) is 24.6 Å². The van der Waals surface area contributed by atoms with Crippen LogP contribution in [0, 0.1) is 5.92 Å². The van der Waals surface area contributed by atoms with Crippen molar-refractivity contribution in [2.45, 2.75) is 46.0 Å². The molecule has 1 aliphatic carbocycles. The predicted octanol–water partition coefficient (Wildman–Crippen LogP) is 3.94. The highest BCUT2D eigenvalue weighted by Gasteiger charge is 2.28. The first kappa shape index (κ1) is 11.4. The molecule has 1 rings (SSSR count). The molecule has 1 aliphatic rings. The summed E-state index contributed by atoms with van der Waals surface area (Å²) in [5.41, 5.74) is 2.45. The molecule has 0 atom stereocenters. The Hall–Kier alpha value is -0.720. The molecule has 0 unspecified atom stereocenters. The highest BCUT2D eigenvalue weighted by molar-refractivity contribution is 5.12. The zero-order chi connectivity index (χ0) is 10.6. The minimum atomic E-state index is 0.758. The van der Waals surface area contributed by atoms with E-state index in [0.717, 1.165) is 18.2 Å². The predicted molar refractivity (Wildman–Crippen MR) is 62.9 cm³/mol. The largest absolute Gasteiger partial charge is 0.350 e. The van der Waals surface area contributed by atoms with Crippen LogP contribution in [0.25, 0.3) is 0 Å². The SMILES string of the molecule is C=C(C)N(CCCCC)C(=C)C1CC1. The molecular weight excluding hydrogens is 170 g/mol. The normalized spacial score (nSPS) is 15.3. The second-order valence-corrected chi connectivity index (χ2v) is 4.36. The summed E-state index contributed by atoms with van der Waals surface area (Å²) in [5, 5.41) is 0. The van der Waals surface area contributed by atoms with Crippen LogP contribution in [0.4, 0.5) is 0 Å². The maximum absolute atomic E-state index is 4.18. The second-order valence-electron chi connectivity index (χ2n) is 4.36. The van der Waals surface area contributed by atoms with Crippen molar-refractivity contribution < 1.29 is 0 Å². The fourth-order valence-corrected chi connectivity index (χ4v) is 1.74. The molecule has 0 amide bonds. The lowest BCUT2D eigenvalue weighted by atomic mass is 10.2. The molecule has 0 saturated heterocycles. The van der Waals surface area contributed by atoms with E-state index in [1.807, 2.05) is 0 Å². The first-order valence-electron chi connectivity index (χ1n) is 5.78. The van der Waals surface area contributed by atoms with E-state index in [9.17, 15) is 0 Å². The highest BCUT2D eigenvalue weighted by Crippen LogP contribution is 2.38. The molecule has 0 radical (unpaired) electrons. The Labute approximate surface area is 88.5 Å². The van der Waals surface area contributed by atoms with Gasteiger partial charge in [0.2, 0.25) is 0 Å². The van der Waals surface area contributed by atoms with Gasteiger partial charge in [-0.15, -0.1) is 0 Å². The minimum Gasteiger partial charge on any atom is -0.350 e. The van der Waals surface area contributed by atoms with Gasteiger partial charge in [-0.05, 0) is 32.1 Å². The van der Waals surface area contributed by atoms with Crippen LogP contribution in [0.1, 0.15) is 46.0 Å². The van der Waals surface area contributed by atoms with Gasteiger partial charge in [0.1, 0.15) is 0 Å². The number of allylic oxidation sites excluding steroid dienone is 2. The van der Waals surface area contributed by atoms with Crippen LogP contribution >= 0.6 is 0 Å². The molecule has 0 heterocycles. The summed E-state index contributed by atoms with van der Waals surface area (Å²) >= 11 is 0. The van der Waals surface area contributed by atoms with Crippen molar-refractivity contribution in [2.24, 2.45) is 5.92 Å². The van der Waals surface area contributed by atoms with Crippen LogP contribution in [-0.4, -0.2) is 11.4 Å². The summed E-state index contributed by atoms with van der Waals surface area (Å²) in [5.74, 6) is 0.758. The summed E-state index contributed by atoms with van der Waals surface area (Å²) in [6, 6.07) is 0. The van der Waals surface area contributed by atoms with Gasteiger partial charge in [0.25, 0.3) is 0 Å². The quantitative estimate of drug-likeness (QED) is 0.554. The van der Waals surface area contributed by atoms with Crippen LogP contribution in [0.2, 0.25) is 0 Å². The van der Waals surface area contributed by atoms with E-state index in [4.69, 9.17) is 0 Å². The Morgan fingerprint density at radius 3 is 2.36 bits per heavy atom. The van der Waals surface area contributed by atoms with Crippen molar-refractivity contribution in [3.63, 3.8) is 0 Å². The molecular formula is C13H23N. The van der Waals surface area contributed by atoms with Gasteiger partial charge >= 0.3 is 0 Å². The van der Waals surface area contributed by atoms with Gasteiger partial charge in [-0.2, -0.15) is 0 Å². The fourth-order valence-electron chi connectivity index (χ4n) is 1.74. The lowest BCUT2D eigenvalue weighted by molar-refractivity contribution is 0.393. The first-order chi connectivity index (χ1) is 6.66. The number of nitrogens with zero attached hydrogens (tertiary/aromatic N) is 1. The topological polar surface area (TPSA) is 3.24 Å².